The summed E-state index contributed by atoms with van der Waals surface area (Å²) in [6.45, 7) is 1.35. The van der Waals surface area contributed by atoms with Crippen LogP contribution in [0.5, 0.6) is 0 Å². The highest BCUT2D eigenvalue weighted by Crippen LogP contribution is 2.28. The van der Waals surface area contributed by atoms with Crippen LogP contribution in [0.4, 0.5) is 5.82 Å². The van der Waals surface area contributed by atoms with Crippen LogP contribution in [0.15, 0.2) is 11.1 Å². The van der Waals surface area contributed by atoms with Gasteiger partial charge >= 0.3 is 0 Å². The van der Waals surface area contributed by atoms with Crippen LogP contribution in [0.25, 0.3) is 0 Å². The smallest absolute Gasteiger partial charge is 0.266 e. The lowest BCUT2D eigenvalue weighted by Gasteiger charge is -2.30. The second kappa shape index (κ2) is 5.81. The van der Waals surface area contributed by atoms with Gasteiger partial charge in [0, 0.05) is 19.1 Å². The number of hydrogen-bond donors (Lipinski definition) is 2. The predicted molar refractivity (Wildman–Crippen MR) is 76.2 cm³/mol. The first-order valence-corrected chi connectivity index (χ1v) is 7.02. The maximum atomic E-state index is 11.6. The van der Waals surface area contributed by atoms with E-state index in [0.29, 0.717) is 16.2 Å². The summed E-state index contributed by atoms with van der Waals surface area (Å²) in [4.78, 5) is 20.7. The van der Waals surface area contributed by atoms with Crippen LogP contribution in [-0.2, 0) is 0 Å². The van der Waals surface area contributed by atoms with E-state index in [0.717, 1.165) is 12.4 Å². The average Bonchev–Trinajstić information content (AvgIpc) is 2.84. The molecule has 1 heterocycles. The summed E-state index contributed by atoms with van der Waals surface area (Å²) in [5.74, 6) is 0.784. The van der Waals surface area contributed by atoms with Crippen molar-refractivity contribution in [3.63, 3.8) is 0 Å². The Bertz CT molecular complexity index is 428. The summed E-state index contributed by atoms with van der Waals surface area (Å²) in [5, 5.41) is 0. The quantitative estimate of drug-likeness (QED) is 0.799. The molecule has 2 rings (SSSR count). The fourth-order valence-electron chi connectivity index (χ4n) is 2.39. The standard InChI is InChI=1S/C11H17IN4O/c12-9-10(14-7-15-11(9)17)16(6-5-13)8-3-1-2-4-8/h7-8H,1-6,13H2,(H,14,15,17). The molecule has 0 radical (unpaired) electrons. The first-order chi connectivity index (χ1) is 8.24. The lowest BCUT2D eigenvalue weighted by Crippen LogP contribution is -2.39. The molecule has 0 saturated heterocycles. The van der Waals surface area contributed by atoms with E-state index in [1.54, 1.807) is 0 Å². The van der Waals surface area contributed by atoms with E-state index < -0.39 is 0 Å². The van der Waals surface area contributed by atoms with E-state index in [9.17, 15) is 4.79 Å². The average molecular weight is 348 g/mol. The van der Waals surface area contributed by atoms with Crippen molar-refractivity contribution in [1.29, 1.82) is 0 Å². The monoisotopic (exact) mass is 348 g/mol. The van der Waals surface area contributed by atoms with E-state index in [4.69, 9.17) is 5.73 Å². The van der Waals surface area contributed by atoms with Gasteiger partial charge in [0.1, 0.15) is 9.39 Å². The number of rotatable bonds is 4. The first-order valence-electron chi connectivity index (χ1n) is 5.94. The van der Waals surface area contributed by atoms with Crippen LogP contribution >= 0.6 is 22.6 Å². The van der Waals surface area contributed by atoms with Crippen LogP contribution in [0.1, 0.15) is 25.7 Å². The highest BCUT2D eigenvalue weighted by molar-refractivity contribution is 14.1. The molecule has 0 bridgehead atoms. The van der Waals surface area contributed by atoms with Gasteiger partial charge < -0.3 is 15.6 Å². The van der Waals surface area contributed by atoms with Crippen LogP contribution in [0, 0.1) is 3.57 Å². The van der Waals surface area contributed by atoms with Crippen molar-refractivity contribution >= 4 is 28.4 Å². The molecule has 0 spiro atoms. The molecule has 0 amide bonds. The number of nitrogens with two attached hydrogens (primary N) is 1. The number of halogens is 1. The third-order valence-corrected chi connectivity index (χ3v) is 4.16. The molecule has 1 aliphatic carbocycles. The maximum Gasteiger partial charge on any atom is 0.266 e. The molecule has 5 nitrogen and oxygen atoms in total. The minimum Gasteiger partial charge on any atom is -0.351 e. The molecule has 0 aliphatic heterocycles. The highest BCUT2D eigenvalue weighted by atomic mass is 127. The zero-order valence-corrected chi connectivity index (χ0v) is 11.8. The van der Waals surface area contributed by atoms with Gasteiger partial charge in [-0.2, -0.15) is 0 Å². The SMILES string of the molecule is NCCN(c1nc[nH]c(=O)c1I)C1CCCC1. The lowest BCUT2D eigenvalue weighted by atomic mass is 10.2. The molecule has 1 saturated carbocycles. The predicted octanol–water partition coefficient (Wildman–Crippen LogP) is 1.08. The molecule has 94 valence electrons. The Morgan fingerprint density at radius 3 is 2.88 bits per heavy atom. The molecule has 1 aromatic heterocycles. The zero-order chi connectivity index (χ0) is 12.3. The topological polar surface area (TPSA) is 75.0 Å². The van der Waals surface area contributed by atoms with Crippen molar-refractivity contribution in [1.82, 2.24) is 9.97 Å². The number of aromatic amines is 1. The third kappa shape index (κ3) is 2.79. The van der Waals surface area contributed by atoms with E-state index in [2.05, 4.69) is 37.5 Å². The van der Waals surface area contributed by atoms with E-state index in [1.807, 2.05) is 0 Å². The van der Waals surface area contributed by atoms with Crippen LogP contribution < -0.4 is 16.2 Å². The van der Waals surface area contributed by atoms with Gasteiger partial charge in [0.15, 0.2) is 0 Å². The molecule has 1 fully saturated rings. The van der Waals surface area contributed by atoms with Gasteiger partial charge in [-0.05, 0) is 35.4 Å². The van der Waals surface area contributed by atoms with Gasteiger partial charge in [0.25, 0.3) is 5.56 Å². The van der Waals surface area contributed by atoms with E-state index >= 15 is 0 Å². The summed E-state index contributed by atoms with van der Waals surface area (Å²) >= 11 is 2.06. The number of hydrogen-bond acceptors (Lipinski definition) is 4. The zero-order valence-electron chi connectivity index (χ0n) is 9.66. The maximum absolute atomic E-state index is 11.6. The molecule has 0 unspecified atom stereocenters. The highest BCUT2D eigenvalue weighted by Gasteiger charge is 2.25. The Kier molecular flexibility index (Phi) is 4.38. The van der Waals surface area contributed by atoms with Crippen molar-refractivity contribution in [2.24, 2.45) is 5.73 Å². The summed E-state index contributed by atoms with van der Waals surface area (Å²) in [6, 6.07) is 0.487. The van der Waals surface area contributed by atoms with Gasteiger partial charge in [-0.1, -0.05) is 12.8 Å². The van der Waals surface area contributed by atoms with E-state index in [1.165, 1.54) is 32.0 Å². The lowest BCUT2D eigenvalue weighted by molar-refractivity contribution is 0.599. The van der Waals surface area contributed by atoms with Crippen molar-refractivity contribution in [2.75, 3.05) is 18.0 Å². The summed E-state index contributed by atoms with van der Waals surface area (Å²) in [5.41, 5.74) is 5.59. The minimum atomic E-state index is -0.0735. The second-order valence-corrected chi connectivity index (χ2v) is 5.37. The van der Waals surface area contributed by atoms with Gasteiger partial charge in [-0.3, -0.25) is 4.79 Å². The molecular weight excluding hydrogens is 331 g/mol. The number of anilines is 1. The number of nitrogens with one attached hydrogen (secondary N) is 1. The van der Waals surface area contributed by atoms with Gasteiger partial charge in [0.2, 0.25) is 0 Å². The Morgan fingerprint density at radius 2 is 2.24 bits per heavy atom. The fourth-order valence-corrected chi connectivity index (χ4v) is 3.00. The Balaban J connectivity index is 2.31. The normalized spacial score (nSPS) is 16.4. The van der Waals surface area contributed by atoms with Crippen LogP contribution in [-0.4, -0.2) is 29.1 Å². The number of aromatic nitrogens is 2. The second-order valence-electron chi connectivity index (χ2n) is 4.29. The minimum absolute atomic E-state index is 0.0735. The summed E-state index contributed by atoms with van der Waals surface area (Å²) in [6.07, 6.45) is 6.32. The van der Waals surface area contributed by atoms with Gasteiger partial charge in [-0.15, -0.1) is 0 Å². The third-order valence-electron chi connectivity index (χ3n) is 3.19. The Hall–Kier alpha value is -0.630. The van der Waals surface area contributed by atoms with Crippen LogP contribution in [0.2, 0.25) is 0 Å². The van der Waals surface area contributed by atoms with Gasteiger partial charge in [0.05, 0.1) is 6.33 Å². The number of H-pyrrole nitrogens is 1. The van der Waals surface area contributed by atoms with Gasteiger partial charge in [-0.25, -0.2) is 4.98 Å². The largest absolute Gasteiger partial charge is 0.351 e. The van der Waals surface area contributed by atoms with E-state index in [-0.39, 0.29) is 5.56 Å². The molecule has 3 N–H and O–H groups in total. The first kappa shape index (κ1) is 12.8. The van der Waals surface area contributed by atoms with Crippen molar-refractivity contribution in [3.05, 3.63) is 20.3 Å². The summed E-state index contributed by atoms with van der Waals surface area (Å²) in [7, 11) is 0. The Labute approximate surface area is 114 Å². The molecule has 17 heavy (non-hydrogen) atoms. The summed E-state index contributed by atoms with van der Waals surface area (Å²) < 4.78 is 0.658. The molecule has 0 atom stereocenters. The molecule has 1 aromatic rings. The molecule has 6 heteroatoms. The van der Waals surface area contributed by atoms with Crippen molar-refractivity contribution in [2.45, 2.75) is 31.7 Å². The number of nitrogens with zero attached hydrogens (tertiary/aromatic N) is 2. The fraction of sp³-hybridized carbons (Fsp3) is 0.636. The Morgan fingerprint density at radius 1 is 1.53 bits per heavy atom. The molecule has 0 aromatic carbocycles. The van der Waals surface area contributed by atoms with Crippen LogP contribution in [0.3, 0.4) is 0 Å². The molecule has 1 aliphatic rings. The van der Waals surface area contributed by atoms with Crippen molar-refractivity contribution < 1.29 is 0 Å². The molecular formula is C11H17IN4O. The van der Waals surface area contributed by atoms with Crippen molar-refractivity contribution in [3.8, 4) is 0 Å².